The summed E-state index contributed by atoms with van der Waals surface area (Å²) in [6.07, 6.45) is 0. The number of aliphatic hydroxyl groups is 1. The Morgan fingerprint density at radius 2 is 0.936 bits per heavy atom. The third-order valence-electron chi connectivity index (χ3n) is 8.16. The van der Waals surface area contributed by atoms with Crippen molar-refractivity contribution in [3.63, 3.8) is 0 Å². The zero-order valence-electron chi connectivity index (χ0n) is 25.2. The average molecular weight is 695 g/mol. The van der Waals surface area contributed by atoms with Crippen molar-refractivity contribution in [2.75, 3.05) is 0 Å². The molecule has 7 heteroatoms. The van der Waals surface area contributed by atoms with Crippen molar-refractivity contribution in [1.29, 1.82) is 0 Å². The highest BCUT2D eigenvalue weighted by Crippen LogP contribution is 2.47. The van der Waals surface area contributed by atoms with E-state index < -0.39 is 12.7 Å². The summed E-state index contributed by atoms with van der Waals surface area (Å²) in [6, 6.07) is 53.0. The summed E-state index contributed by atoms with van der Waals surface area (Å²) in [7, 11) is -3.54. The van der Waals surface area contributed by atoms with Crippen molar-refractivity contribution < 1.29 is 9.67 Å². The minimum atomic E-state index is -3.54. The minimum Gasteiger partial charge on any atom is -0.373 e. The summed E-state index contributed by atoms with van der Waals surface area (Å²) in [5, 5.41) is 15.2. The maximum Gasteiger partial charge on any atom is 0.175 e. The molecule has 0 aliphatic rings. The number of hydrogen-bond acceptors (Lipinski definition) is 5. The van der Waals surface area contributed by atoms with Gasteiger partial charge in [0.2, 0.25) is 0 Å². The van der Waals surface area contributed by atoms with Crippen LogP contribution in [0.1, 0.15) is 17.0 Å². The SMILES string of the molecule is O=P(c1ccccc1)(c1ccccc1)c1ccccc1C(O)(c1ccc(Br)cc1)c1nc(-c2ccccc2)nc(-c2ccccc2)n1. The summed E-state index contributed by atoms with van der Waals surface area (Å²) >= 11 is 3.55. The fourth-order valence-corrected chi connectivity index (χ4v) is 9.00. The van der Waals surface area contributed by atoms with Crippen LogP contribution in [0.4, 0.5) is 0 Å². The Bertz CT molecular complexity index is 2080. The molecule has 1 atom stereocenters. The smallest absolute Gasteiger partial charge is 0.175 e. The lowest BCUT2D eigenvalue weighted by Crippen LogP contribution is -2.39. The first-order valence-electron chi connectivity index (χ1n) is 15.1. The fourth-order valence-electron chi connectivity index (χ4n) is 5.82. The Balaban J connectivity index is 1.57. The quantitative estimate of drug-likeness (QED) is 0.164. The third-order valence-corrected chi connectivity index (χ3v) is 11.8. The average Bonchev–Trinajstić information content (AvgIpc) is 3.15. The number of halogens is 1. The van der Waals surface area contributed by atoms with Crippen LogP contribution in [0.2, 0.25) is 0 Å². The molecular formula is C40H29BrN3O2P. The normalized spacial score (nSPS) is 12.7. The standard InChI is InChI=1S/C40H29BrN3O2P/c41-32-27-25-31(26-28-32)40(45,39-43-37(29-15-5-1-6-16-29)42-38(44-39)30-17-7-2-8-18-30)35-23-13-14-24-36(35)47(46,33-19-9-3-10-20-33)34-21-11-4-12-22-34/h1-28,45H. The molecule has 7 rings (SSSR count). The highest BCUT2D eigenvalue weighted by molar-refractivity contribution is 9.10. The van der Waals surface area contributed by atoms with Gasteiger partial charge in [-0.05, 0) is 17.7 Å². The molecule has 0 saturated carbocycles. The molecule has 0 saturated heterocycles. The van der Waals surface area contributed by atoms with Crippen LogP contribution in [0.25, 0.3) is 22.8 Å². The van der Waals surface area contributed by atoms with Crippen LogP contribution in [-0.4, -0.2) is 20.1 Å². The topological polar surface area (TPSA) is 76.0 Å². The predicted molar refractivity (Wildman–Crippen MR) is 193 cm³/mol. The van der Waals surface area contributed by atoms with Gasteiger partial charge < -0.3 is 9.67 Å². The van der Waals surface area contributed by atoms with Crippen molar-refractivity contribution >= 4 is 39.0 Å². The molecule has 47 heavy (non-hydrogen) atoms. The Morgan fingerprint density at radius 1 is 0.511 bits per heavy atom. The van der Waals surface area contributed by atoms with Gasteiger partial charge in [-0.15, -0.1) is 0 Å². The Hall–Kier alpha value is -5.00. The maximum atomic E-state index is 15.8. The van der Waals surface area contributed by atoms with Crippen LogP contribution in [0.3, 0.4) is 0 Å². The van der Waals surface area contributed by atoms with E-state index in [0.717, 1.165) is 15.6 Å². The lowest BCUT2D eigenvalue weighted by molar-refractivity contribution is 0.116. The molecule has 1 aromatic heterocycles. The van der Waals surface area contributed by atoms with E-state index >= 15 is 4.57 Å². The molecule has 5 nitrogen and oxygen atoms in total. The van der Waals surface area contributed by atoms with E-state index in [4.69, 9.17) is 15.0 Å². The maximum absolute atomic E-state index is 15.8. The van der Waals surface area contributed by atoms with Gasteiger partial charge in [0.05, 0.1) is 0 Å². The Kier molecular flexibility index (Phi) is 8.48. The Labute approximate surface area is 282 Å². The molecule has 0 amide bonds. The Morgan fingerprint density at radius 3 is 1.43 bits per heavy atom. The van der Waals surface area contributed by atoms with Gasteiger partial charge in [0.15, 0.2) is 30.2 Å². The van der Waals surface area contributed by atoms with Gasteiger partial charge in [0.1, 0.15) is 0 Å². The number of rotatable bonds is 8. The monoisotopic (exact) mass is 693 g/mol. The molecular weight excluding hydrogens is 665 g/mol. The van der Waals surface area contributed by atoms with E-state index in [1.54, 1.807) is 0 Å². The van der Waals surface area contributed by atoms with Crippen molar-refractivity contribution in [2.45, 2.75) is 5.60 Å². The summed E-state index contributed by atoms with van der Waals surface area (Å²) < 4.78 is 16.7. The van der Waals surface area contributed by atoms with Gasteiger partial charge in [-0.3, -0.25) is 0 Å². The lowest BCUT2D eigenvalue weighted by atomic mass is 9.85. The number of hydrogen-bond donors (Lipinski definition) is 1. The van der Waals surface area contributed by atoms with Crippen LogP contribution >= 0.6 is 23.1 Å². The van der Waals surface area contributed by atoms with Crippen LogP contribution in [0.5, 0.6) is 0 Å². The van der Waals surface area contributed by atoms with E-state index in [1.165, 1.54) is 0 Å². The van der Waals surface area contributed by atoms with Crippen molar-refractivity contribution in [2.24, 2.45) is 0 Å². The molecule has 0 bridgehead atoms. The molecule has 228 valence electrons. The van der Waals surface area contributed by atoms with Crippen molar-refractivity contribution in [3.05, 3.63) is 191 Å². The van der Waals surface area contributed by atoms with Crippen LogP contribution in [-0.2, 0) is 10.2 Å². The van der Waals surface area contributed by atoms with Crippen LogP contribution < -0.4 is 15.9 Å². The number of benzene rings is 6. The molecule has 0 aliphatic carbocycles. The molecule has 0 radical (unpaired) electrons. The van der Waals surface area contributed by atoms with E-state index in [0.29, 0.717) is 38.7 Å². The molecule has 0 spiro atoms. The van der Waals surface area contributed by atoms with E-state index in [-0.39, 0.29) is 5.82 Å². The zero-order chi connectivity index (χ0) is 32.3. The van der Waals surface area contributed by atoms with E-state index in [9.17, 15) is 5.11 Å². The highest BCUT2D eigenvalue weighted by atomic mass is 79.9. The summed E-state index contributed by atoms with van der Waals surface area (Å²) in [4.78, 5) is 14.8. The molecule has 0 aliphatic heterocycles. The van der Waals surface area contributed by atoms with Gasteiger partial charge >= 0.3 is 0 Å². The van der Waals surface area contributed by atoms with Crippen LogP contribution in [0, 0.1) is 0 Å². The zero-order valence-corrected chi connectivity index (χ0v) is 27.7. The lowest BCUT2D eigenvalue weighted by Gasteiger charge is -2.33. The van der Waals surface area contributed by atoms with Gasteiger partial charge in [-0.1, -0.05) is 174 Å². The van der Waals surface area contributed by atoms with Gasteiger partial charge in [0, 0.05) is 37.1 Å². The molecule has 1 unspecified atom stereocenters. The molecule has 1 N–H and O–H groups in total. The first-order chi connectivity index (χ1) is 23.0. The van der Waals surface area contributed by atoms with Crippen molar-refractivity contribution in [3.8, 4) is 22.8 Å². The first-order valence-corrected chi connectivity index (χ1v) is 17.6. The van der Waals surface area contributed by atoms with E-state index in [2.05, 4.69) is 15.9 Å². The third kappa shape index (κ3) is 5.77. The number of aromatic nitrogens is 3. The molecule has 7 aromatic rings. The van der Waals surface area contributed by atoms with Gasteiger partial charge in [-0.2, -0.15) is 0 Å². The summed E-state index contributed by atoms with van der Waals surface area (Å²) in [5.41, 5.74) is 0.553. The van der Waals surface area contributed by atoms with E-state index in [1.807, 2.05) is 170 Å². The molecule has 6 aromatic carbocycles. The first kappa shape index (κ1) is 30.6. The summed E-state index contributed by atoms with van der Waals surface area (Å²) in [5.74, 6) is 0.946. The van der Waals surface area contributed by atoms with Crippen LogP contribution in [0.15, 0.2) is 174 Å². The second-order valence-electron chi connectivity index (χ2n) is 11.1. The number of nitrogens with zero attached hydrogens (tertiary/aromatic N) is 3. The van der Waals surface area contributed by atoms with Gasteiger partial charge in [-0.25, -0.2) is 15.0 Å². The highest BCUT2D eigenvalue weighted by Gasteiger charge is 2.44. The largest absolute Gasteiger partial charge is 0.373 e. The second kappa shape index (κ2) is 13.0. The fraction of sp³-hybridized carbons (Fsp3) is 0.0250. The van der Waals surface area contributed by atoms with Gasteiger partial charge in [0.25, 0.3) is 0 Å². The predicted octanol–water partition coefficient (Wildman–Crippen LogP) is 7.89. The van der Waals surface area contributed by atoms with Crippen molar-refractivity contribution in [1.82, 2.24) is 15.0 Å². The summed E-state index contributed by atoms with van der Waals surface area (Å²) in [6.45, 7) is 0. The molecule has 1 heterocycles. The minimum absolute atomic E-state index is 0.118. The second-order valence-corrected chi connectivity index (χ2v) is 14.7. The molecule has 0 fully saturated rings.